The van der Waals surface area contributed by atoms with Crippen LogP contribution in [0.1, 0.15) is 10.4 Å². The number of para-hydroxylation sites is 1. The molecule has 1 aromatic carbocycles. The van der Waals surface area contributed by atoms with Crippen LogP contribution in [-0.4, -0.2) is 30.7 Å². The molecule has 0 unspecified atom stereocenters. The van der Waals surface area contributed by atoms with Crippen molar-refractivity contribution in [2.45, 2.75) is 0 Å². The third-order valence-electron chi connectivity index (χ3n) is 3.60. The zero-order chi connectivity index (χ0) is 16.0. The standard InChI is InChI=1S/C16H11N5O2/c17-16-19-14-12(15(22)23)6-11(8-21(14)20-16)10-5-9-3-1-2-4-13(9)18-7-10/h1-8H,(H2,17,20)(H,22,23). The van der Waals surface area contributed by atoms with E-state index in [0.717, 1.165) is 16.5 Å². The number of pyridine rings is 2. The van der Waals surface area contributed by atoms with Crippen LogP contribution in [0.3, 0.4) is 0 Å². The Balaban J connectivity index is 1.97. The van der Waals surface area contributed by atoms with Gasteiger partial charge in [0.1, 0.15) is 5.56 Å². The Hall–Kier alpha value is -3.48. The molecule has 7 heteroatoms. The predicted molar refractivity (Wildman–Crippen MR) is 85.1 cm³/mol. The van der Waals surface area contributed by atoms with Crippen LogP contribution in [0.15, 0.2) is 48.8 Å². The van der Waals surface area contributed by atoms with E-state index in [1.165, 1.54) is 4.52 Å². The number of rotatable bonds is 2. The number of aromatic nitrogens is 4. The molecule has 0 aliphatic rings. The van der Waals surface area contributed by atoms with E-state index < -0.39 is 5.97 Å². The number of hydrogen-bond donors (Lipinski definition) is 2. The van der Waals surface area contributed by atoms with Crippen molar-refractivity contribution in [3.63, 3.8) is 0 Å². The summed E-state index contributed by atoms with van der Waals surface area (Å²) in [5, 5.41) is 14.4. The van der Waals surface area contributed by atoms with Crippen molar-refractivity contribution in [1.29, 1.82) is 0 Å². The smallest absolute Gasteiger partial charge is 0.339 e. The van der Waals surface area contributed by atoms with E-state index in [1.54, 1.807) is 18.5 Å². The average Bonchev–Trinajstić information content (AvgIpc) is 2.93. The third kappa shape index (κ3) is 2.15. The second-order valence-corrected chi connectivity index (χ2v) is 5.10. The highest BCUT2D eigenvalue weighted by Gasteiger charge is 2.15. The zero-order valence-electron chi connectivity index (χ0n) is 11.8. The van der Waals surface area contributed by atoms with Crippen molar-refractivity contribution in [3.05, 3.63) is 54.4 Å². The zero-order valence-corrected chi connectivity index (χ0v) is 11.8. The Bertz CT molecular complexity index is 1070. The molecule has 0 atom stereocenters. The molecule has 0 spiro atoms. The molecule has 3 heterocycles. The quantitative estimate of drug-likeness (QED) is 0.588. The molecule has 0 aliphatic carbocycles. The van der Waals surface area contributed by atoms with Gasteiger partial charge in [0.2, 0.25) is 5.95 Å². The predicted octanol–water partition coefficient (Wildman–Crippen LogP) is 2.22. The minimum atomic E-state index is -1.09. The van der Waals surface area contributed by atoms with Gasteiger partial charge in [-0.2, -0.15) is 4.98 Å². The van der Waals surface area contributed by atoms with Crippen molar-refractivity contribution in [2.75, 3.05) is 5.73 Å². The molecular weight excluding hydrogens is 294 g/mol. The van der Waals surface area contributed by atoms with Crippen LogP contribution in [-0.2, 0) is 0 Å². The molecule has 112 valence electrons. The Labute approximate surface area is 130 Å². The number of aromatic carboxylic acids is 1. The number of nitrogens with two attached hydrogens (primary N) is 1. The summed E-state index contributed by atoms with van der Waals surface area (Å²) in [5.41, 5.74) is 8.18. The molecule has 3 N–H and O–H groups in total. The first-order valence-corrected chi connectivity index (χ1v) is 6.86. The second-order valence-electron chi connectivity index (χ2n) is 5.10. The van der Waals surface area contributed by atoms with Gasteiger partial charge in [-0.3, -0.25) is 4.98 Å². The maximum Gasteiger partial charge on any atom is 0.339 e. The highest BCUT2D eigenvalue weighted by molar-refractivity contribution is 5.96. The Morgan fingerprint density at radius 2 is 2.00 bits per heavy atom. The topological polar surface area (TPSA) is 106 Å². The molecule has 4 aromatic rings. The van der Waals surface area contributed by atoms with Gasteiger partial charge in [0, 0.05) is 28.9 Å². The molecule has 0 radical (unpaired) electrons. The molecule has 23 heavy (non-hydrogen) atoms. The van der Waals surface area contributed by atoms with Crippen molar-refractivity contribution in [2.24, 2.45) is 0 Å². The first-order valence-electron chi connectivity index (χ1n) is 6.86. The summed E-state index contributed by atoms with van der Waals surface area (Å²) in [6, 6.07) is 11.2. The summed E-state index contributed by atoms with van der Waals surface area (Å²) in [5.74, 6) is -1.06. The van der Waals surface area contributed by atoms with Gasteiger partial charge in [-0.05, 0) is 18.2 Å². The normalized spacial score (nSPS) is 11.1. The van der Waals surface area contributed by atoms with E-state index >= 15 is 0 Å². The lowest BCUT2D eigenvalue weighted by molar-refractivity contribution is 0.0698. The first kappa shape index (κ1) is 13.2. The summed E-state index contributed by atoms with van der Waals surface area (Å²) >= 11 is 0. The van der Waals surface area contributed by atoms with Gasteiger partial charge in [-0.15, -0.1) is 5.10 Å². The van der Waals surface area contributed by atoms with Crippen molar-refractivity contribution in [3.8, 4) is 11.1 Å². The molecule has 0 fully saturated rings. The molecule has 0 saturated carbocycles. The third-order valence-corrected chi connectivity index (χ3v) is 3.60. The molecule has 0 amide bonds. The lowest BCUT2D eigenvalue weighted by Gasteiger charge is -2.06. The van der Waals surface area contributed by atoms with Crippen LogP contribution >= 0.6 is 0 Å². The van der Waals surface area contributed by atoms with E-state index in [-0.39, 0.29) is 17.2 Å². The van der Waals surface area contributed by atoms with Gasteiger partial charge in [0.25, 0.3) is 0 Å². The van der Waals surface area contributed by atoms with E-state index in [9.17, 15) is 9.90 Å². The summed E-state index contributed by atoms with van der Waals surface area (Å²) in [4.78, 5) is 19.8. The Morgan fingerprint density at radius 3 is 2.83 bits per heavy atom. The van der Waals surface area contributed by atoms with Gasteiger partial charge in [0.15, 0.2) is 5.65 Å². The lowest BCUT2D eigenvalue weighted by Crippen LogP contribution is -2.02. The molecule has 7 nitrogen and oxygen atoms in total. The van der Waals surface area contributed by atoms with Gasteiger partial charge in [0.05, 0.1) is 5.52 Å². The fourth-order valence-electron chi connectivity index (χ4n) is 2.55. The van der Waals surface area contributed by atoms with Gasteiger partial charge in [-0.1, -0.05) is 18.2 Å². The number of benzene rings is 1. The summed E-state index contributed by atoms with van der Waals surface area (Å²) in [6.45, 7) is 0. The maximum absolute atomic E-state index is 11.5. The van der Waals surface area contributed by atoms with Crippen molar-refractivity contribution >= 4 is 28.5 Å². The van der Waals surface area contributed by atoms with Gasteiger partial charge < -0.3 is 10.8 Å². The van der Waals surface area contributed by atoms with Gasteiger partial charge >= 0.3 is 5.97 Å². The molecule has 0 saturated heterocycles. The van der Waals surface area contributed by atoms with E-state index in [4.69, 9.17) is 5.73 Å². The summed E-state index contributed by atoms with van der Waals surface area (Å²) < 4.78 is 1.38. The summed E-state index contributed by atoms with van der Waals surface area (Å²) in [6.07, 6.45) is 3.40. The highest BCUT2D eigenvalue weighted by atomic mass is 16.4. The van der Waals surface area contributed by atoms with E-state index in [2.05, 4.69) is 15.1 Å². The summed E-state index contributed by atoms with van der Waals surface area (Å²) in [7, 11) is 0. The Kier molecular flexibility index (Phi) is 2.74. The minimum absolute atomic E-state index is 0.0290. The highest BCUT2D eigenvalue weighted by Crippen LogP contribution is 2.25. The van der Waals surface area contributed by atoms with Crippen LogP contribution < -0.4 is 5.73 Å². The number of carboxylic acids is 1. The molecular formula is C16H11N5O2. The van der Waals surface area contributed by atoms with Crippen LogP contribution in [0.2, 0.25) is 0 Å². The number of carboxylic acid groups (broad SMARTS) is 1. The minimum Gasteiger partial charge on any atom is -0.478 e. The first-order chi connectivity index (χ1) is 11.1. The maximum atomic E-state index is 11.5. The van der Waals surface area contributed by atoms with E-state index in [0.29, 0.717) is 5.56 Å². The lowest BCUT2D eigenvalue weighted by atomic mass is 10.1. The monoisotopic (exact) mass is 305 g/mol. The van der Waals surface area contributed by atoms with Crippen LogP contribution in [0.5, 0.6) is 0 Å². The molecule has 3 aromatic heterocycles. The average molecular weight is 305 g/mol. The van der Waals surface area contributed by atoms with Crippen molar-refractivity contribution in [1.82, 2.24) is 19.6 Å². The van der Waals surface area contributed by atoms with Crippen LogP contribution in [0.4, 0.5) is 5.95 Å². The molecule has 0 aliphatic heterocycles. The number of nitrogens with zero attached hydrogens (tertiary/aromatic N) is 4. The van der Waals surface area contributed by atoms with Crippen LogP contribution in [0, 0.1) is 0 Å². The largest absolute Gasteiger partial charge is 0.478 e. The van der Waals surface area contributed by atoms with Crippen LogP contribution in [0.25, 0.3) is 27.7 Å². The number of hydrogen-bond acceptors (Lipinski definition) is 5. The second kappa shape index (κ2) is 4.77. The van der Waals surface area contributed by atoms with Gasteiger partial charge in [-0.25, -0.2) is 9.31 Å². The molecule has 4 rings (SSSR count). The number of anilines is 1. The fourth-order valence-corrected chi connectivity index (χ4v) is 2.55. The number of fused-ring (bicyclic) bond motifs is 2. The van der Waals surface area contributed by atoms with Crippen molar-refractivity contribution < 1.29 is 9.90 Å². The Morgan fingerprint density at radius 1 is 1.17 bits per heavy atom. The fraction of sp³-hybridized carbons (Fsp3) is 0. The van der Waals surface area contributed by atoms with E-state index in [1.807, 2.05) is 30.3 Å². The number of carbonyl (C=O) groups is 1. The number of nitrogen functional groups attached to an aromatic ring is 1. The SMILES string of the molecule is Nc1nc2c(C(=O)O)cc(-c3cnc4ccccc4c3)cn2n1. The molecule has 0 bridgehead atoms.